The van der Waals surface area contributed by atoms with E-state index >= 15 is 0 Å². The Hall–Kier alpha value is -1.43. The highest BCUT2D eigenvalue weighted by molar-refractivity contribution is 7.09. The van der Waals surface area contributed by atoms with E-state index in [-0.39, 0.29) is 12.0 Å². The standard InChI is InChI=1S/C16H19ClN2O2S/c1-4-13(15-18-10(2)9-22-15)19-14(16(20)21-3)11-7-5-6-8-12(11)17/h5-9,13-14,19H,4H2,1-3H3/t13-,14+/m0/s1. The van der Waals surface area contributed by atoms with E-state index in [4.69, 9.17) is 16.3 Å². The highest BCUT2D eigenvalue weighted by Gasteiger charge is 2.27. The van der Waals surface area contributed by atoms with Crippen molar-refractivity contribution in [2.24, 2.45) is 0 Å². The number of methoxy groups -OCH3 is 1. The minimum atomic E-state index is -0.618. The van der Waals surface area contributed by atoms with Gasteiger partial charge in [0.15, 0.2) is 0 Å². The maximum atomic E-state index is 12.2. The van der Waals surface area contributed by atoms with E-state index in [1.807, 2.05) is 30.5 Å². The van der Waals surface area contributed by atoms with Crippen molar-refractivity contribution in [2.75, 3.05) is 7.11 Å². The first-order chi connectivity index (χ1) is 10.6. The Morgan fingerprint density at radius 1 is 1.45 bits per heavy atom. The molecule has 0 radical (unpaired) electrons. The monoisotopic (exact) mass is 338 g/mol. The van der Waals surface area contributed by atoms with Crippen LogP contribution in [0.15, 0.2) is 29.6 Å². The Labute approximate surface area is 139 Å². The molecular weight excluding hydrogens is 320 g/mol. The van der Waals surface area contributed by atoms with Gasteiger partial charge in [-0.15, -0.1) is 11.3 Å². The Kier molecular flexibility index (Phi) is 5.94. The minimum Gasteiger partial charge on any atom is -0.468 e. The number of carbonyl (C=O) groups excluding carboxylic acids is 1. The summed E-state index contributed by atoms with van der Waals surface area (Å²) < 4.78 is 4.93. The van der Waals surface area contributed by atoms with Crippen LogP contribution in [0.2, 0.25) is 5.02 Å². The highest BCUT2D eigenvalue weighted by Crippen LogP contribution is 2.29. The van der Waals surface area contributed by atoms with E-state index in [9.17, 15) is 4.79 Å². The second kappa shape index (κ2) is 7.72. The fraction of sp³-hybridized carbons (Fsp3) is 0.375. The van der Waals surface area contributed by atoms with Crippen LogP contribution < -0.4 is 5.32 Å². The van der Waals surface area contributed by atoms with E-state index in [1.54, 1.807) is 17.4 Å². The van der Waals surface area contributed by atoms with E-state index < -0.39 is 6.04 Å². The first kappa shape index (κ1) is 16.9. The van der Waals surface area contributed by atoms with Gasteiger partial charge in [-0.1, -0.05) is 36.7 Å². The molecule has 118 valence electrons. The second-order valence-electron chi connectivity index (χ2n) is 4.93. The van der Waals surface area contributed by atoms with Gasteiger partial charge in [-0.2, -0.15) is 0 Å². The van der Waals surface area contributed by atoms with Gasteiger partial charge >= 0.3 is 5.97 Å². The topological polar surface area (TPSA) is 51.2 Å². The van der Waals surface area contributed by atoms with Crippen LogP contribution in [0.25, 0.3) is 0 Å². The molecule has 0 saturated carbocycles. The first-order valence-corrected chi connectivity index (χ1v) is 8.32. The molecule has 2 aromatic rings. The molecular formula is C16H19ClN2O2S. The number of benzene rings is 1. The molecule has 0 spiro atoms. The van der Waals surface area contributed by atoms with Gasteiger partial charge in [0.2, 0.25) is 0 Å². The molecule has 1 aromatic heterocycles. The largest absolute Gasteiger partial charge is 0.468 e. The predicted molar refractivity (Wildman–Crippen MR) is 89.2 cm³/mol. The minimum absolute atomic E-state index is 0.0286. The lowest BCUT2D eigenvalue weighted by atomic mass is 10.1. The summed E-state index contributed by atoms with van der Waals surface area (Å²) in [5, 5.41) is 6.83. The number of rotatable bonds is 6. The summed E-state index contributed by atoms with van der Waals surface area (Å²) in [4.78, 5) is 16.7. The number of aryl methyl sites for hydroxylation is 1. The van der Waals surface area contributed by atoms with Crippen LogP contribution >= 0.6 is 22.9 Å². The Balaban J connectivity index is 2.30. The molecule has 0 aliphatic carbocycles. The smallest absolute Gasteiger partial charge is 0.327 e. The summed E-state index contributed by atoms with van der Waals surface area (Å²) in [5.41, 5.74) is 1.69. The van der Waals surface area contributed by atoms with Crippen molar-refractivity contribution >= 4 is 28.9 Å². The lowest BCUT2D eigenvalue weighted by Crippen LogP contribution is -2.33. The third kappa shape index (κ3) is 3.85. The lowest BCUT2D eigenvalue weighted by Gasteiger charge is -2.23. The molecule has 2 atom stereocenters. The molecule has 4 nitrogen and oxygen atoms in total. The van der Waals surface area contributed by atoms with Crippen molar-refractivity contribution in [3.63, 3.8) is 0 Å². The average molecular weight is 339 g/mol. The average Bonchev–Trinajstić information content (AvgIpc) is 2.95. The van der Waals surface area contributed by atoms with Crippen molar-refractivity contribution in [1.29, 1.82) is 0 Å². The molecule has 22 heavy (non-hydrogen) atoms. The van der Waals surface area contributed by atoms with Crippen LogP contribution in [-0.4, -0.2) is 18.1 Å². The summed E-state index contributed by atoms with van der Waals surface area (Å²) in [6.45, 7) is 4.01. The zero-order valence-corrected chi connectivity index (χ0v) is 14.4. The molecule has 2 rings (SSSR count). The van der Waals surface area contributed by atoms with Crippen molar-refractivity contribution in [3.8, 4) is 0 Å². The zero-order chi connectivity index (χ0) is 16.1. The number of aromatic nitrogens is 1. The Morgan fingerprint density at radius 3 is 2.73 bits per heavy atom. The molecule has 0 unspecified atom stereocenters. The normalized spacial score (nSPS) is 13.6. The van der Waals surface area contributed by atoms with Gasteiger partial charge < -0.3 is 4.74 Å². The predicted octanol–water partition coefficient (Wildman–Crippen LogP) is 4.06. The third-order valence-electron chi connectivity index (χ3n) is 3.36. The van der Waals surface area contributed by atoms with Crippen LogP contribution in [0, 0.1) is 6.92 Å². The van der Waals surface area contributed by atoms with Crippen LogP contribution in [0.4, 0.5) is 0 Å². The van der Waals surface area contributed by atoms with Crippen molar-refractivity contribution in [3.05, 3.63) is 50.9 Å². The van der Waals surface area contributed by atoms with Gasteiger partial charge in [0.05, 0.1) is 13.2 Å². The fourth-order valence-electron chi connectivity index (χ4n) is 2.21. The van der Waals surface area contributed by atoms with Gasteiger partial charge in [0.25, 0.3) is 0 Å². The van der Waals surface area contributed by atoms with Gasteiger partial charge in [-0.3, -0.25) is 5.32 Å². The maximum absolute atomic E-state index is 12.2. The first-order valence-electron chi connectivity index (χ1n) is 7.07. The Morgan fingerprint density at radius 2 is 2.18 bits per heavy atom. The van der Waals surface area contributed by atoms with Crippen molar-refractivity contribution < 1.29 is 9.53 Å². The number of esters is 1. The van der Waals surface area contributed by atoms with Crippen molar-refractivity contribution in [2.45, 2.75) is 32.4 Å². The van der Waals surface area contributed by atoms with Crippen molar-refractivity contribution in [1.82, 2.24) is 10.3 Å². The van der Waals surface area contributed by atoms with Gasteiger partial charge in [0.1, 0.15) is 11.0 Å². The highest BCUT2D eigenvalue weighted by atomic mass is 35.5. The number of hydrogen-bond acceptors (Lipinski definition) is 5. The van der Waals surface area contributed by atoms with E-state index in [2.05, 4.69) is 17.2 Å². The summed E-state index contributed by atoms with van der Waals surface area (Å²) in [7, 11) is 1.38. The fourth-order valence-corrected chi connectivity index (χ4v) is 3.39. The molecule has 1 aromatic carbocycles. The number of nitrogens with zero attached hydrogens (tertiary/aromatic N) is 1. The number of nitrogens with one attached hydrogen (secondary N) is 1. The van der Waals surface area contributed by atoms with Crippen LogP contribution in [-0.2, 0) is 9.53 Å². The summed E-state index contributed by atoms with van der Waals surface area (Å²) in [6.07, 6.45) is 0.810. The number of ether oxygens (including phenoxy) is 1. The third-order valence-corrected chi connectivity index (χ3v) is 4.78. The molecule has 6 heteroatoms. The number of halogens is 1. The SMILES string of the molecule is CC[C@H](N[C@@H](C(=O)OC)c1ccccc1Cl)c1nc(C)cs1. The van der Waals surface area contributed by atoms with Crippen LogP contribution in [0.5, 0.6) is 0 Å². The van der Waals surface area contributed by atoms with Crippen LogP contribution in [0.3, 0.4) is 0 Å². The molecule has 0 bridgehead atoms. The molecule has 1 heterocycles. The van der Waals surface area contributed by atoms with Gasteiger partial charge in [0, 0.05) is 16.1 Å². The zero-order valence-electron chi connectivity index (χ0n) is 12.8. The molecule has 0 aliphatic heterocycles. The van der Waals surface area contributed by atoms with Gasteiger partial charge in [-0.05, 0) is 25.0 Å². The molecule has 0 fully saturated rings. The molecule has 0 amide bonds. The molecule has 1 N–H and O–H groups in total. The van der Waals surface area contributed by atoms with Crippen LogP contribution in [0.1, 0.15) is 41.7 Å². The molecule has 0 saturated heterocycles. The number of carbonyl (C=O) groups is 1. The maximum Gasteiger partial charge on any atom is 0.327 e. The Bertz CT molecular complexity index is 645. The number of thiazole rings is 1. The molecule has 0 aliphatic rings. The lowest BCUT2D eigenvalue weighted by molar-refractivity contribution is -0.143. The second-order valence-corrected chi connectivity index (χ2v) is 6.23. The van der Waals surface area contributed by atoms with E-state index in [0.29, 0.717) is 10.6 Å². The summed E-state index contributed by atoms with van der Waals surface area (Å²) >= 11 is 7.82. The summed E-state index contributed by atoms with van der Waals surface area (Å²) in [5.74, 6) is -0.361. The van der Waals surface area contributed by atoms with E-state index in [0.717, 1.165) is 17.1 Å². The van der Waals surface area contributed by atoms with E-state index in [1.165, 1.54) is 7.11 Å². The number of hydrogen-bond donors (Lipinski definition) is 1. The van der Waals surface area contributed by atoms with Gasteiger partial charge in [-0.25, -0.2) is 9.78 Å². The quantitative estimate of drug-likeness (QED) is 0.807. The summed E-state index contributed by atoms with van der Waals surface area (Å²) in [6, 6.07) is 6.64.